The van der Waals surface area contributed by atoms with Gasteiger partial charge in [-0.1, -0.05) is 6.07 Å². The third-order valence-electron chi connectivity index (χ3n) is 8.50. The minimum Gasteiger partial charge on any atom is -0.394 e. The second kappa shape index (κ2) is 11.4. The van der Waals surface area contributed by atoms with E-state index >= 15 is 0 Å². The Morgan fingerprint density at radius 2 is 1.89 bits per heavy atom. The van der Waals surface area contributed by atoms with Gasteiger partial charge < -0.3 is 20.4 Å². The van der Waals surface area contributed by atoms with Crippen molar-refractivity contribution in [1.29, 1.82) is 0 Å². The number of carbonyl (C=O) groups excluding carboxylic acids is 3. The molecule has 1 saturated heterocycles. The monoisotopic (exact) mass is 662 g/mol. The molecule has 6 rings (SSSR count). The van der Waals surface area contributed by atoms with Crippen LogP contribution in [0.5, 0.6) is 0 Å². The van der Waals surface area contributed by atoms with Crippen molar-refractivity contribution in [1.82, 2.24) is 34.6 Å². The van der Waals surface area contributed by atoms with Gasteiger partial charge in [0.15, 0.2) is 5.78 Å². The first-order valence-electron chi connectivity index (χ1n) is 14.2. The Morgan fingerprint density at radius 3 is 2.59 bits per heavy atom. The Morgan fingerprint density at radius 1 is 1.14 bits per heavy atom. The van der Waals surface area contributed by atoms with Gasteiger partial charge in [0.25, 0.3) is 0 Å². The number of Topliss-reactive ketones (excluding diaryl/α,β-unsaturated/α-hetero) is 1. The van der Waals surface area contributed by atoms with Crippen molar-refractivity contribution in [3.8, 4) is 11.3 Å². The molecular weight excluding hydrogens is 632 g/mol. The molecule has 228 valence electrons. The molecular formula is C30H31BrN8O5. The Labute approximate surface area is 260 Å². The molecule has 4 aromatic rings. The first-order chi connectivity index (χ1) is 21.0. The average Bonchev–Trinajstić information content (AvgIpc) is 3.39. The fraction of sp³-hybridized carbons (Fsp3) is 0.400. The lowest BCUT2D eigenvalue weighted by molar-refractivity contribution is -0.138. The van der Waals surface area contributed by atoms with E-state index in [4.69, 9.17) is 0 Å². The Balaban J connectivity index is 1.31. The van der Waals surface area contributed by atoms with Crippen molar-refractivity contribution in [2.75, 3.05) is 11.9 Å². The van der Waals surface area contributed by atoms with Crippen LogP contribution in [-0.4, -0.2) is 87.2 Å². The fourth-order valence-corrected chi connectivity index (χ4v) is 6.53. The lowest BCUT2D eigenvalue weighted by Gasteiger charge is -2.27. The van der Waals surface area contributed by atoms with Crippen LogP contribution >= 0.6 is 15.9 Å². The highest BCUT2D eigenvalue weighted by molar-refractivity contribution is 9.10. The summed E-state index contributed by atoms with van der Waals surface area (Å²) in [4.78, 5) is 59.1. The van der Waals surface area contributed by atoms with E-state index in [9.17, 15) is 24.6 Å². The van der Waals surface area contributed by atoms with Crippen molar-refractivity contribution in [2.24, 2.45) is 5.41 Å². The van der Waals surface area contributed by atoms with Crippen LogP contribution in [0.1, 0.15) is 48.1 Å². The molecule has 4 atom stereocenters. The van der Waals surface area contributed by atoms with Gasteiger partial charge in [-0.05, 0) is 72.2 Å². The maximum atomic E-state index is 14.0. The first-order valence-corrected chi connectivity index (χ1v) is 15.0. The van der Waals surface area contributed by atoms with Crippen molar-refractivity contribution < 1.29 is 24.6 Å². The van der Waals surface area contributed by atoms with Gasteiger partial charge in [-0.3, -0.25) is 24.0 Å². The standard InChI is InChI=1S/C30H31BrN8O5/c1-15-4-5-25(31)35-28(15)36-29(44)22-8-30(7-19(42)14-40)9-24(30)39(22)26(43)13-38-23-12-34-21(18-10-32-17(3)33-11-18)6-20(23)27(37-38)16(2)41/h4-6,10-12,19,22,24,40,42H,7-9,13-14H2,1-3H3,(H,35,36,44)/t19?,22-,24?,30-/m0/s1. The second-order valence-corrected chi connectivity index (χ2v) is 12.4. The summed E-state index contributed by atoms with van der Waals surface area (Å²) < 4.78 is 2.00. The number of aryl methyl sites for hydroxylation is 2. The lowest BCUT2D eigenvalue weighted by atomic mass is 9.92. The number of hydrogen-bond acceptors (Lipinski definition) is 10. The molecule has 44 heavy (non-hydrogen) atoms. The van der Waals surface area contributed by atoms with Gasteiger partial charge in [-0.25, -0.2) is 15.0 Å². The van der Waals surface area contributed by atoms with E-state index in [0.29, 0.717) is 51.2 Å². The first kappa shape index (κ1) is 29.9. The number of piperidine rings is 1. The number of amides is 2. The summed E-state index contributed by atoms with van der Waals surface area (Å²) in [5.41, 5.74) is 2.20. The van der Waals surface area contributed by atoms with Crippen LogP contribution in [0.4, 0.5) is 5.82 Å². The van der Waals surface area contributed by atoms with Crippen LogP contribution in [0.15, 0.2) is 41.4 Å². The number of halogens is 1. The zero-order valence-corrected chi connectivity index (χ0v) is 25.9. The molecule has 0 radical (unpaired) electrons. The largest absolute Gasteiger partial charge is 0.394 e. The molecule has 0 spiro atoms. The summed E-state index contributed by atoms with van der Waals surface area (Å²) in [6, 6.07) is 4.21. The maximum Gasteiger partial charge on any atom is 0.248 e. The van der Waals surface area contributed by atoms with Crippen LogP contribution in [0.2, 0.25) is 0 Å². The highest BCUT2D eigenvalue weighted by Crippen LogP contribution is 2.62. The summed E-state index contributed by atoms with van der Waals surface area (Å²) in [5, 5.41) is 27.7. The van der Waals surface area contributed by atoms with Crippen molar-refractivity contribution >= 4 is 50.2 Å². The lowest BCUT2D eigenvalue weighted by Crippen LogP contribution is -2.47. The number of hydrogen-bond donors (Lipinski definition) is 3. The molecule has 2 amide bonds. The van der Waals surface area contributed by atoms with Gasteiger partial charge in [0.1, 0.15) is 34.5 Å². The highest BCUT2D eigenvalue weighted by atomic mass is 79.9. The smallest absolute Gasteiger partial charge is 0.248 e. The number of pyridine rings is 2. The van der Waals surface area contributed by atoms with Crippen LogP contribution in [-0.2, 0) is 16.1 Å². The summed E-state index contributed by atoms with van der Waals surface area (Å²) in [6.45, 7) is 4.38. The number of nitrogens with one attached hydrogen (secondary N) is 1. The summed E-state index contributed by atoms with van der Waals surface area (Å²) in [5.74, 6) is -0.0196. The van der Waals surface area contributed by atoms with Gasteiger partial charge in [0.05, 0.1) is 30.1 Å². The summed E-state index contributed by atoms with van der Waals surface area (Å²) in [6.07, 6.45) is 5.11. The van der Waals surface area contributed by atoms with Crippen molar-refractivity contribution in [3.05, 3.63) is 58.5 Å². The molecule has 2 aliphatic rings. The van der Waals surface area contributed by atoms with Crippen molar-refractivity contribution in [2.45, 2.75) is 64.8 Å². The molecule has 1 saturated carbocycles. The molecule has 0 bridgehead atoms. The number of aliphatic hydroxyl groups excluding tert-OH is 2. The third kappa shape index (κ3) is 5.48. The predicted octanol–water partition coefficient (Wildman–Crippen LogP) is 2.61. The average molecular weight is 664 g/mol. The Kier molecular flexibility index (Phi) is 7.76. The number of fused-ring (bicyclic) bond motifs is 2. The summed E-state index contributed by atoms with van der Waals surface area (Å²) >= 11 is 3.33. The van der Waals surface area contributed by atoms with Crippen LogP contribution < -0.4 is 5.32 Å². The minimum atomic E-state index is -0.958. The Bertz CT molecular complexity index is 1790. The number of aliphatic hydroxyl groups is 2. The van der Waals surface area contributed by atoms with Crippen LogP contribution in [0.25, 0.3) is 22.2 Å². The fourth-order valence-electron chi connectivity index (χ4n) is 6.22. The number of likely N-dealkylation sites (tertiary alicyclic amines) is 1. The van der Waals surface area contributed by atoms with E-state index in [-0.39, 0.29) is 36.4 Å². The second-order valence-electron chi connectivity index (χ2n) is 11.6. The van der Waals surface area contributed by atoms with Crippen LogP contribution in [0, 0.1) is 19.3 Å². The molecule has 1 aliphatic carbocycles. The highest BCUT2D eigenvalue weighted by Gasteiger charge is 2.67. The van der Waals surface area contributed by atoms with E-state index in [0.717, 1.165) is 5.56 Å². The van der Waals surface area contributed by atoms with Gasteiger partial charge in [-0.2, -0.15) is 5.10 Å². The number of carbonyl (C=O) groups is 3. The molecule has 5 heterocycles. The molecule has 0 aromatic carbocycles. The molecule has 14 heteroatoms. The number of nitrogens with zero attached hydrogens (tertiary/aromatic N) is 7. The molecule has 2 fully saturated rings. The zero-order chi connectivity index (χ0) is 31.3. The normalized spacial score (nSPS) is 21.3. The molecule has 13 nitrogen and oxygen atoms in total. The van der Waals surface area contributed by atoms with E-state index in [1.54, 1.807) is 42.5 Å². The maximum absolute atomic E-state index is 14.0. The van der Waals surface area contributed by atoms with E-state index in [1.807, 2.05) is 13.0 Å². The van der Waals surface area contributed by atoms with Gasteiger partial charge in [0, 0.05) is 36.3 Å². The van der Waals surface area contributed by atoms with Crippen LogP contribution in [0.3, 0.4) is 0 Å². The van der Waals surface area contributed by atoms with Gasteiger partial charge >= 0.3 is 0 Å². The number of aromatic nitrogens is 6. The SMILES string of the molecule is CC(=O)c1nn(CC(=O)N2C3C[C@]3(CC(O)CO)C[C@H]2C(=O)Nc2nc(Br)ccc2C)c2cnc(-c3cnc(C)nc3)cc12. The Hall–Kier alpha value is -4.14. The topological polar surface area (TPSA) is 176 Å². The van der Waals surface area contributed by atoms with Gasteiger partial charge in [0.2, 0.25) is 11.8 Å². The quantitative estimate of drug-likeness (QED) is 0.178. The van der Waals surface area contributed by atoms with E-state index in [2.05, 4.69) is 46.3 Å². The molecule has 4 aromatic heterocycles. The summed E-state index contributed by atoms with van der Waals surface area (Å²) in [7, 11) is 0. The predicted molar refractivity (Wildman–Crippen MR) is 162 cm³/mol. The van der Waals surface area contributed by atoms with Crippen molar-refractivity contribution in [3.63, 3.8) is 0 Å². The van der Waals surface area contributed by atoms with Gasteiger partial charge in [-0.15, -0.1) is 0 Å². The number of rotatable bonds is 9. The molecule has 1 aliphatic heterocycles. The minimum absolute atomic E-state index is 0.197. The third-order valence-corrected chi connectivity index (χ3v) is 8.94. The zero-order valence-electron chi connectivity index (χ0n) is 24.4. The molecule has 3 N–H and O–H groups in total. The molecule has 2 unspecified atom stereocenters. The number of ketones is 1. The van der Waals surface area contributed by atoms with E-state index < -0.39 is 30.1 Å². The number of anilines is 1. The van der Waals surface area contributed by atoms with E-state index in [1.165, 1.54) is 11.6 Å².